The second kappa shape index (κ2) is 10.1. The van der Waals surface area contributed by atoms with Crippen LogP contribution in [0.4, 0.5) is 4.39 Å². The van der Waals surface area contributed by atoms with Crippen LogP contribution in [-0.4, -0.2) is 31.9 Å². The SMILES string of the molecule is Cc1cc(F)nc(COc2cc(C)n(C3=CC(c4cccc(C(C)(C)O)n4)=NC[C@H]3C)c(=O)c2Br)c1. The molecule has 188 valence electrons. The average molecular weight is 555 g/mol. The number of ether oxygens (including phenoxy) is 1. The van der Waals surface area contributed by atoms with Gasteiger partial charge in [0.15, 0.2) is 0 Å². The number of hydrogen-bond donors (Lipinski definition) is 1. The van der Waals surface area contributed by atoms with Gasteiger partial charge in [0.1, 0.15) is 22.4 Å². The van der Waals surface area contributed by atoms with Gasteiger partial charge in [-0.15, -0.1) is 0 Å². The first-order valence-electron chi connectivity index (χ1n) is 11.6. The Hall–Kier alpha value is -3.17. The third-order valence-electron chi connectivity index (χ3n) is 5.89. The lowest BCUT2D eigenvalue weighted by Gasteiger charge is -2.24. The minimum Gasteiger partial charge on any atom is -0.486 e. The van der Waals surface area contributed by atoms with E-state index in [2.05, 4.69) is 30.9 Å². The number of aryl methyl sites for hydroxylation is 2. The van der Waals surface area contributed by atoms with Gasteiger partial charge in [-0.1, -0.05) is 13.0 Å². The second-order valence-corrected chi connectivity index (χ2v) is 10.3. The van der Waals surface area contributed by atoms with Crippen LogP contribution in [0.15, 0.2) is 56.7 Å². The first-order valence-corrected chi connectivity index (χ1v) is 12.4. The number of dihydropyridines is 1. The Kier molecular flexibility index (Phi) is 7.24. The maximum atomic E-state index is 13.6. The standard InChI is InChI=1S/C27H28BrFN4O3/c1-15-9-18(31-24(29)10-15)14-36-22-11-17(3)33(26(34)25(22)28)21-12-20(30-13-16(21)2)19-7-6-8-23(32-19)27(4,5)35/h6-12,16,35H,13-14H2,1-5H3/t16-/m1/s1. The van der Waals surface area contributed by atoms with Crippen molar-refractivity contribution >= 4 is 27.3 Å². The number of aliphatic imine (C=N–C) groups is 1. The van der Waals surface area contributed by atoms with E-state index in [4.69, 9.17) is 4.74 Å². The van der Waals surface area contributed by atoms with Crippen LogP contribution in [-0.2, 0) is 12.2 Å². The average Bonchev–Trinajstić information content (AvgIpc) is 2.80. The van der Waals surface area contributed by atoms with Crippen LogP contribution in [0.5, 0.6) is 5.75 Å². The van der Waals surface area contributed by atoms with Gasteiger partial charge in [0, 0.05) is 29.9 Å². The number of rotatable bonds is 6. The van der Waals surface area contributed by atoms with Crippen LogP contribution in [0.2, 0.25) is 0 Å². The van der Waals surface area contributed by atoms with Crippen molar-refractivity contribution in [2.75, 3.05) is 6.54 Å². The minimum atomic E-state index is -1.08. The molecule has 1 N–H and O–H groups in total. The first-order chi connectivity index (χ1) is 16.9. The fourth-order valence-electron chi connectivity index (χ4n) is 4.04. The highest BCUT2D eigenvalue weighted by Crippen LogP contribution is 2.29. The molecule has 0 saturated heterocycles. The van der Waals surface area contributed by atoms with Gasteiger partial charge >= 0.3 is 0 Å². The molecule has 0 radical (unpaired) electrons. The molecule has 0 aliphatic carbocycles. The van der Waals surface area contributed by atoms with Gasteiger partial charge in [0.2, 0.25) is 5.95 Å². The van der Waals surface area contributed by atoms with E-state index >= 15 is 0 Å². The number of hydrogen-bond acceptors (Lipinski definition) is 6. The Morgan fingerprint density at radius 2 is 1.97 bits per heavy atom. The van der Waals surface area contributed by atoms with Crippen LogP contribution < -0.4 is 10.3 Å². The van der Waals surface area contributed by atoms with E-state index in [9.17, 15) is 14.3 Å². The molecule has 1 aliphatic rings. The zero-order chi connectivity index (χ0) is 26.2. The molecule has 1 aliphatic heterocycles. The molecule has 0 bridgehead atoms. The Balaban J connectivity index is 1.68. The van der Waals surface area contributed by atoms with Crippen LogP contribution in [0.3, 0.4) is 0 Å². The number of pyridine rings is 3. The zero-order valence-corrected chi connectivity index (χ0v) is 22.4. The van der Waals surface area contributed by atoms with Crippen molar-refractivity contribution in [3.63, 3.8) is 0 Å². The lowest BCUT2D eigenvalue weighted by molar-refractivity contribution is 0.0738. The van der Waals surface area contributed by atoms with Gasteiger partial charge < -0.3 is 9.84 Å². The predicted molar refractivity (Wildman–Crippen MR) is 141 cm³/mol. The minimum absolute atomic E-state index is 0.0132. The first kappa shape index (κ1) is 25.9. The van der Waals surface area contributed by atoms with Crippen LogP contribution in [0, 0.1) is 25.7 Å². The molecular formula is C27H28BrFN4O3. The summed E-state index contributed by atoms with van der Waals surface area (Å²) in [6.07, 6.45) is 1.87. The molecule has 0 aromatic carbocycles. The van der Waals surface area contributed by atoms with Crippen molar-refractivity contribution in [2.24, 2.45) is 10.9 Å². The summed E-state index contributed by atoms with van der Waals surface area (Å²) in [5.41, 5.74) is 3.09. The van der Waals surface area contributed by atoms with Crippen molar-refractivity contribution < 1.29 is 14.2 Å². The molecule has 4 heterocycles. The molecule has 3 aromatic heterocycles. The summed E-state index contributed by atoms with van der Waals surface area (Å²) >= 11 is 3.40. The van der Waals surface area contributed by atoms with Gasteiger partial charge in [-0.3, -0.25) is 14.4 Å². The Labute approximate surface area is 217 Å². The van der Waals surface area contributed by atoms with Crippen LogP contribution >= 0.6 is 15.9 Å². The molecule has 9 heteroatoms. The lowest BCUT2D eigenvalue weighted by atomic mass is 9.99. The van der Waals surface area contributed by atoms with Gasteiger partial charge in [-0.25, -0.2) is 9.97 Å². The molecule has 0 spiro atoms. The molecule has 36 heavy (non-hydrogen) atoms. The predicted octanol–water partition coefficient (Wildman–Crippen LogP) is 4.94. The Bertz CT molecular complexity index is 1420. The van der Waals surface area contributed by atoms with Gasteiger partial charge in [0.05, 0.1) is 22.8 Å². The summed E-state index contributed by atoms with van der Waals surface area (Å²) in [4.78, 5) is 26.5. The van der Waals surface area contributed by atoms with E-state index < -0.39 is 11.5 Å². The van der Waals surface area contributed by atoms with Crippen molar-refractivity contribution in [1.82, 2.24) is 14.5 Å². The summed E-state index contributed by atoms with van der Waals surface area (Å²) in [6.45, 7) is 9.50. The lowest BCUT2D eigenvalue weighted by Crippen LogP contribution is -2.29. The normalized spacial score (nSPS) is 15.9. The summed E-state index contributed by atoms with van der Waals surface area (Å²) in [7, 11) is 0. The Morgan fingerprint density at radius 3 is 2.67 bits per heavy atom. The number of aliphatic hydroxyl groups is 1. The maximum absolute atomic E-state index is 13.6. The molecule has 0 unspecified atom stereocenters. The van der Waals surface area contributed by atoms with E-state index in [-0.39, 0.29) is 22.6 Å². The van der Waals surface area contributed by atoms with Gasteiger partial charge in [0.25, 0.3) is 5.56 Å². The van der Waals surface area contributed by atoms with E-state index in [0.717, 1.165) is 11.3 Å². The van der Waals surface area contributed by atoms with Crippen molar-refractivity contribution in [3.05, 3.63) is 91.6 Å². The fourth-order valence-corrected chi connectivity index (χ4v) is 4.45. The van der Waals surface area contributed by atoms with Crippen molar-refractivity contribution in [1.29, 1.82) is 0 Å². The highest BCUT2D eigenvalue weighted by Gasteiger charge is 2.24. The molecule has 0 fully saturated rings. The number of allylic oxidation sites excluding steroid dienone is 1. The smallest absolute Gasteiger partial charge is 0.273 e. The molecule has 1 atom stereocenters. The fraction of sp³-hybridized carbons (Fsp3) is 0.333. The maximum Gasteiger partial charge on any atom is 0.273 e. The number of halogens is 2. The zero-order valence-electron chi connectivity index (χ0n) is 20.8. The molecule has 3 aromatic rings. The van der Waals surface area contributed by atoms with E-state index in [1.165, 1.54) is 6.07 Å². The molecular weight excluding hydrogens is 527 g/mol. The summed E-state index contributed by atoms with van der Waals surface area (Å²) < 4.78 is 21.4. The highest BCUT2D eigenvalue weighted by atomic mass is 79.9. The molecule has 7 nitrogen and oxygen atoms in total. The van der Waals surface area contributed by atoms with Crippen molar-refractivity contribution in [3.8, 4) is 5.75 Å². The monoisotopic (exact) mass is 554 g/mol. The quantitative estimate of drug-likeness (QED) is 0.436. The number of nitrogens with zero attached hydrogens (tertiary/aromatic N) is 4. The molecule has 0 amide bonds. The second-order valence-electron chi connectivity index (χ2n) is 9.52. The van der Waals surface area contributed by atoms with E-state index in [0.29, 0.717) is 40.8 Å². The summed E-state index contributed by atoms with van der Waals surface area (Å²) in [5.74, 6) is -0.228. The van der Waals surface area contributed by atoms with Crippen LogP contribution in [0.25, 0.3) is 5.70 Å². The third kappa shape index (κ3) is 5.47. The largest absolute Gasteiger partial charge is 0.486 e. The topological polar surface area (TPSA) is 89.6 Å². The summed E-state index contributed by atoms with van der Waals surface area (Å²) in [5, 5.41) is 10.4. The number of aromatic nitrogens is 3. The van der Waals surface area contributed by atoms with Gasteiger partial charge in [-0.05, 0) is 79.5 Å². The van der Waals surface area contributed by atoms with E-state index in [1.54, 1.807) is 43.5 Å². The van der Waals surface area contributed by atoms with Crippen LogP contribution in [0.1, 0.15) is 49.1 Å². The van der Waals surface area contributed by atoms with E-state index in [1.807, 2.05) is 32.1 Å². The Morgan fingerprint density at radius 1 is 1.22 bits per heavy atom. The highest BCUT2D eigenvalue weighted by molar-refractivity contribution is 9.10. The third-order valence-corrected chi connectivity index (χ3v) is 6.62. The van der Waals surface area contributed by atoms with Gasteiger partial charge in [-0.2, -0.15) is 4.39 Å². The molecule has 4 rings (SSSR count). The van der Waals surface area contributed by atoms with Crippen molar-refractivity contribution in [2.45, 2.75) is 46.8 Å². The molecule has 0 saturated carbocycles. The summed E-state index contributed by atoms with van der Waals surface area (Å²) in [6, 6.07) is 10.3.